The Bertz CT molecular complexity index is 588. The van der Waals surface area contributed by atoms with Crippen LogP contribution in [-0.4, -0.2) is 23.7 Å². The average Bonchev–Trinajstić information content (AvgIpc) is 2.40. The van der Waals surface area contributed by atoms with Crippen LogP contribution in [0.3, 0.4) is 0 Å². The summed E-state index contributed by atoms with van der Waals surface area (Å²) < 4.78 is 24.6. The normalized spacial score (nSPS) is 10.3. The third-order valence-electron chi connectivity index (χ3n) is 2.73. The van der Waals surface area contributed by atoms with Crippen molar-refractivity contribution in [3.63, 3.8) is 0 Å². The Morgan fingerprint density at radius 2 is 2.05 bits per heavy atom. The highest BCUT2D eigenvalue weighted by molar-refractivity contribution is 5.71. The van der Waals surface area contributed by atoms with E-state index in [1.54, 1.807) is 19.1 Å². The van der Waals surface area contributed by atoms with Gasteiger partial charge in [0.1, 0.15) is 17.9 Å². The average molecular weight is 262 g/mol. The van der Waals surface area contributed by atoms with Crippen LogP contribution >= 0.6 is 0 Å². The zero-order valence-corrected chi connectivity index (χ0v) is 11.1. The van der Waals surface area contributed by atoms with E-state index in [0.717, 1.165) is 0 Å². The first-order chi connectivity index (χ1) is 9.17. The molecule has 0 atom stereocenters. The summed E-state index contributed by atoms with van der Waals surface area (Å²) in [6.45, 7) is 4.11. The predicted molar refractivity (Wildman–Crippen MR) is 69.9 cm³/mol. The molecule has 0 aliphatic rings. The summed E-state index contributed by atoms with van der Waals surface area (Å²) in [5.74, 6) is 0.464. The minimum atomic E-state index is -0.391. The number of ether oxygens (including phenoxy) is 2. The lowest BCUT2D eigenvalue weighted by atomic mass is 10.0. The van der Waals surface area contributed by atoms with Crippen LogP contribution in [0.2, 0.25) is 0 Å². The van der Waals surface area contributed by atoms with E-state index in [1.165, 1.54) is 19.5 Å². The number of aryl methyl sites for hydroxylation is 1. The molecule has 1 aromatic carbocycles. The number of hydrogen-bond acceptors (Lipinski definition) is 4. The minimum Gasteiger partial charge on any atom is -0.497 e. The van der Waals surface area contributed by atoms with E-state index in [1.807, 2.05) is 6.92 Å². The van der Waals surface area contributed by atoms with Gasteiger partial charge in [-0.1, -0.05) is 0 Å². The highest BCUT2D eigenvalue weighted by Crippen LogP contribution is 2.33. The van der Waals surface area contributed by atoms with Crippen LogP contribution in [0.5, 0.6) is 11.6 Å². The van der Waals surface area contributed by atoms with Gasteiger partial charge in [0, 0.05) is 11.6 Å². The SMILES string of the molecule is CCOc1ncnc(C)c1-c1ccc(OC)cc1F. The van der Waals surface area contributed by atoms with Crippen molar-refractivity contribution in [3.05, 3.63) is 36.0 Å². The van der Waals surface area contributed by atoms with Crippen LogP contribution in [0, 0.1) is 12.7 Å². The van der Waals surface area contributed by atoms with Gasteiger partial charge in [0.2, 0.25) is 5.88 Å². The molecule has 1 heterocycles. The first-order valence-corrected chi connectivity index (χ1v) is 5.95. The molecule has 0 saturated heterocycles. The standard InChI is InChI=1S/C14H15FN2O2/c1-4-19-14-13(9(2)16-8-17-14)11-6-5-10(18-3)7-12(11)15/h5-8H,4H2,1-3H3. The van der Waals surface area contributed by atoms with Crippen molar-refractivity contribution in [1.82, 2.24) is 9.97 Å². The summed E-state index contributed by atoms with van der Waals surface area (Å²) in [5, 5.41) is 0. The molecule has 0 spiro atoms. The highest BCUT2D eigenvalue weighted by Gasteiger charge is 2.16. The quantitative estimate of drug-likeness (QED) is 0.849. The van der Waals surface area contributed by atoms with Crippen LogP contribution in [-0.2, 0) is 0 Å². The molecule has 0 saturated carbocycles. The molecule has 0 radical (unpaired) electrons. The molecule has 0 N–H and O–H groups in total. The first-order valence-electron chi connectivity index (χ1n) is 5.95. The summed E-state index contributed by atoms with van der Waals surface area (Å²) in [5.41, 5.74) is 1.65. The number of hydrogen-bond donors (Lipinski definition) is 0. The van der Waals surface area contributed by atoms with E-state index in [0.29, 0.717) is 35.1 Å². The maximum atomic E-state index is 14.1. The Balaban J connectivity index is 2.57. The van der Waals surface area contributed by atoms with Crippen LogP contribution in [0.25, 0.3) is 11.1 Å². The minimum absolute atomic E-state index is 0.388. The maximum Gasteiger partial charge on any atom is 0.224 e. The van der Waals surface area contributed by atoms with E-state index in [-0.39, 0.29) is 0 Å². The number of aromatic nitrogens is 2. The summed E-state index contributed by atoms with van der Waals surface area (Å²) in [7, 11) is 1.50. The summed E-state index contributed by atoms with van der Waals surface area (Å²) >= 11 is 0. The zero-order valence-electron chi connectivity index (χ0n) is 11.1. The molecule has 0 unspecified atom stereocenters. The van der Waals surface area contributed by atoms with Crippen molar-refractivity contribution in [2.75, 3.05) is 13.7 Å². The predicted octanol–water partition coefficient (Wildman–Crippen LogP) is 3.00. The van der Waals surface area contributed by atoms with Gasteiger partial charge in [-0.05, 0) is 26.0 Å². The number of methoxy groups -OCH3 is 1. The molecule has 2 rings (SSSR count). The second-order valence-corrected chi connectivity index (χ2v) is 3.92. The Morgan fingerprint density at radius 3 is 2.68 bits per heavy atom. The monoisotopic (exact) mass is 262 g/mol. The third kappa shape index (κ3) is 2.65. The van der Waals surface area contributed by atoms with Crippen LogP contribution in [0.4, 0.5) is 4.39 Å². The number of benzene rings is 1. The van der Waals surface area contributed by atoms with E-state index in [9.17, 15) is 4.39 Å². The molecule has 0 fully saturated rings. The van der Waals surface area contributed by atoms with Gasteiger partial charge in [0.15, 0.2) is 0 Å². The van der Waals surface area contributed by atoms with E-state index in [2.05, 4.69) is 9.97 Å². The lowest BCUT2D eigenvalue weighted by Crippen LogP contribution is -2.01. The Kier molecular flexibility index (Phi) is 3.94. The molecule has 0 bridgehead atoms. The zero-order chi connectivity index (χ0) is 13.8. The van der Waals surface area contributed by atoms with Gasteiger partial charge < -0.3 is 9.47 Å². The molecule has 2 aromatic rings. The topological polar surface area (TPSA) is 44.2 Å². The highest BCUT2D eigenvalue weighted by atomic mass is 19.1. The smallest absolute Gasteiger partial charge is 0.224 e. The summed E-state index contributed by atoms with van der Waals surface area (Å²) in [6.07, 6.45) is 1.41. The first kappa shape index (κ1) is 13.3. The van der Waals surface area contributed by atoms with Crippen molar-refractivity contribution in [2.45, 2.75) is 13.8 Å². The molecule has 5 heteroatoms. The number of rotatable bonds is 4. The van der Waals surface area contributed by atoms with Crippen molar-refractivity contribution < 1.29 is 13.9 Å². The molecular weight excluding hydrogens is 247 g/mol. The van der Waals surface area contributed by atoms with Gasteiger partial charge in [-0.3, -0.25) is 0 Å². The van der Waals surface area contributed by atoms with E-state index >= 15 is 0 Å². The molecular formula is C14H15FN2O2. The lowest BCUT2D eigenvalue weighted by molar-refractivity contribution is 0.327. The fourth-order valence-corrected chi connectivity index (χ4v) is 1.83. The Hall–Kier alpha value is -2.17. The van der Waals surface area contributed by atoms with Gasteiger partial charge in [0.05, 0.1) is 25.0 Å². The Morgan fingerprint density at radius 1 is 1.26 bits per heavy atom. The van der Waals surface area contributed by atoms with Gasteiger partial charge in [-0.25, -0.2) is 14.4 Å². The molecule has 100 valence electrons. The van der Waals surface area contributed by atoms with Gasteiger partial charge in [-0.2, -0.15) is 0 Å². The number of nitrogens with zero attached hydrogens (tertiary/aromatic N) is 2. The van der Waals surface area contributed by atoms with E-state index < -0.39 is 5.82 Å². The van der Waals surface area contributed by atoms with Gasteiger partial charge in [0.25, 0.3) is 0 Å². The van der Waals surface area contributed by atoms with Crippen molar-refractivity contribution >= 4 is 0 Å². The van der Waals surface area contributed by atoms with Crippen LogP contribution in [0.1, 0.15) is 12.6 Å². The van der Waals surface area contributed by atoms with Crippen LogP contribution in [0.15, 0.2) is 24.5 Å². The van der Waals surface area contributed by atoms with Crippen LogP contribution < -0.4 is 9.47 Å². The summed E-state index contributed by atoms with van der Waals surface area (Å²) in [4.78, 5) is 8.15. The number of halogens is 1. The van der Waals surface area contributed by atoms with E-state index in [4.69, 9.17) is 9.47 Å². The molecule has 0 aliphatic heterocycles. The third-order valence-corrected chi connectivity index (χ3v) is 2.73. The Labute approximate surface area is 111 Å². The van der Waals surface area contributed by atoms with Crippen molar-refractivity contribution in [1.29, 1.82) is 0 Å². The summed E-state index contributed by atoms with van der Waals surface area (Å²) in [6, 6.07) is 4.67. The molecule has 4 nitrogen and oxygen atoms in total. The lowest BCUT2D eigenvalue weighted by Gasteiger charge is -2.12. The maximum absolute atomic E-state index is 14.1. The second kappa shape index (κ2) is 5.65. The van der Waals surface area contributed by atoms with Gasteiger partial charge >= 0.3 is 0 Å². The fraction of sp³-hybridized carbons (Fsp3) is 0.286. The van der Waals surface area contributed by atoms with Crippen molar-refractivity contribution in [3.8, 4) is 22.8 Å². The molecule has 0 amide bonds. The largest absolute Gasteiger partial charge is 0.497 e. The van der Waals surface area contributed by atoms with Crippen molar-refractivity contribution in [2.24, 2.45) is 0 Å². The molecule has 19 heavy (non-hydrogen) atoms. The fourth-order valence-electron chi connectivity index (χ4n) is 1.83. The molecule has 1 aromatic heterocycles. The van der Waals surface area contributed by atoms with Gasteiger partial charge in [-0.15, -0.1) is 0 Å². The molecule has 0 aliphatic carbocycles. The second-order valence-electron chi connectivity index (χ2n) is 3.92.